The summed E-state index contributed by atoms with van der Waals surface area (Å²) in [7, 11) is 3.16. The van der Waals surface area contributed by atoms with Crippen LogP contribution in [-0.2, 0) is 25.4 Å². The van der Waals surface area contributed by atoms with Crippen molar-refractivity contribution in [2.45, 2.75) is 13.5 Å². The molecule has 1 aromatic carbocycles. The first kappa shape index (κ1) is 16.5. The number of carbonyl (C=O) groups is 1. The maximum absolute atomic E-state index is 12.6. The van der Waals surface area contributed by atoms with E-state index in [-0.39, 0.29) is 11.2 Å². The summed E-state index contributed by atoms with van der Waals surface area (Å²) in [5, 5.41) is 2.68. The molecule has 0 saturated heterocycles. The van der Waals surface area contributed by atoms with Crippen molar-refractivity contribution < 1.29 is 4.79 Å². The van der Waals surface area contributed by atoms with Gasteiger partial charge in [-0.2, -0.15) is 0 Å². The van der Waals surface area contributed by atoms with Crippen LogP contribution in [0.4, 0.5) is 11.4 Å². The first-order valence-corrected chi connectivity index (χ1v) is 7.56. The number of hydrogen-bond donors (Lipinski definition) is 2. The molecule has 9 heteroatoms. The van der Waals surface area contributed by atoms with E-state index in [0.717, 1.165) is 10.1 Å². The molecule has 130 valence electrons. The summed E-state index contributed by atoms with van der Waals surface area (Å²) in [5.74, 6) is -0.491. The van der Waals surface area contributed by atoms with Crippen LogP contribution < -0.4 is 22.3 Å². The fourth-order valence-electron chi connectivity index (χ4n) is 2.64. The minimum absolute atomic E-state index is 0.259. The zero-order chi connectivity index (χ0) is 18.3. The van der Waals surface area contributed by atoms with Gasteiger partial charge in [0.15, 0.2) is 11.2 Å². The molecule has 3 N–H and O–H groups in total. The van der Waals surface area contributed by atoms with E-state index in [0.29, 0.717) is 11.4 Å². The zero-order valence-corrected chi connectivity index (χ0v) is 14.1. The second-order valence-corrected chi connectivity index (χ2v) is 5.88. The fraction of sp³-hybridized carbons (Fsp3) is 0.250. The third kappa shape index (κ3) is 2.80. The molecule has 2 heterocycles. The maximum atomic E-state index is 12.6. The summed E-state index contributed by atoms with van der Waals surface area (Å²) < 4.78 is 3.66. The highest BCUT2D eigenvalue weighted by Crippen LogP contribution is 2.17. The Morgan fingerprint density at radius 1 is 1.28 bits per heavy atom. The van der Waals surface area contributed by atoms with Gasteiger partial charge in [0.25, 0.3) is 5.56 Å². The van der Waals surface area contributed by atoms with E-state index in [9.17, 15) is 14.4 Å². The Hall–Kier alpha value is -3.36. The lowest BCUT2D eigenvalue weighted by molar-refractivity contribution is -0.116. The van der Waals surface area contributed by atoms with Gasteiger partial charge in [-0.3, -0.25) is 14.2 Å². The number of nitrogens with zero attached hydrogens (tertiary/aromatic N) is 4. The van der Waals surface area contributed by atoms with Gasteiger partial charge in [-0.05, 0) is 24.6 Å². The van der Waals surface area contributed by atoms with Gasteiger partial charge in [0.2, 0.25) is 5.91 Å². The fourth-order valence-corrected chi connectivity index (χ4v) is 2.64. The Morgan fingerprint density at radius 3 is 2.72 bits per heavy atom. The number of amides is 1. The second kappa shape index (κ2) is 5.93. The molecule has 0 aliphatic rings. The molecular formula is C16H18N6O3. The van der Waals surface area contributed by atoms with E-state index in [2.05, 4.69) is 10.3 Å². The number of imidazole rings is 1. The number of aromatic nitrogens is 4. The van der Waals surface area contributed by atoms with Crippen LogP contribution in [0.1, 0.15) is 5.56 Å². The maximum Gasteiger partial charge on any atom is 0.332 e. The summed E-state index contributed by atoms with van der Waals surface area (Å²) >= 11 is 0. The van der Waals surface area contributed by atoms with Crippen LogP contribution in [0.15, 0.2) is 34.1 Å². The second-order valence-electron chi connectivity index (χ2n) is 5.88. The highest BCUT2D eigenvalue weighted by molar-refractivity contribution is 5.92. The normalized spacial score (nSPS) is 11.0. The van der Waals surface area contributed by atoms with Crippen molar-refractivity contribution in [2.75, 3.05) is 11.1 Å². The Morgan fingerprint density at radius 2 is 2.00 bits per heavy atom. The lowest BCUT2D eigenvalue weighted by Gasteiger charge is -2.11. The van der Waals surface area contributed by atoms with Crippen LogP contribution in [0.25, 0.3) is 11.2 Å². The number of anilines is 2. The summed E-state index contributed by atoms with van der Waals surface area (Å²) in [5.41, 5.74) is 6.97. The summed E-state index contributed by atoms with van der Waals surface area (Å²) in [6, 6.07) is 5.12. The molecule has 3 aromatic rings. The van der Waals surface area contributed by atoms with Crippen LogP contribution in [0.2, 0.25) is 0 Å². The third-order valence-electron chi connectivity index (χ3n) is 4.04. The van der Waals surface area contributed by atoms with E-state index in [1.165, 1.54) is 22.5 Å². The number of rotatable bonds is 3. The van der Waals surface area contributed by atoms with Crippen LogP contribution in [0, 0.1) is 6.92 Å². The summed E-state index contributed by atoms with van der Waals surface area (Å²) in [4.78, 5) is 41.4. The topological polar surface area (TPSA) is 117 Å². The van der Waals surface area contributed by atoms with E-state index in [4.69, 9.17) is 5.73 Å². The molecule has 0 fully saturated rings. The Balaban J connectivity index is 1.99. The number of fused-ring (bicyclic) bond motifs is 1. The number of aryl methyl sites for hydroxylation is 3. The summed E-state index contributed by atoms with van der Waals surface area (Å²) in [6.07, 6.45) is 1.45. The molecule has 0 saturated carbocycles. The SMILES string of the molecule is Cc1ccc(N)cc1NC(=O)Cn1c(=O)c2c(ncn2C)n(C)c1=O. The average molecular weight is 342 g/mol. The van der Waals surface area contributed by atoms with Crippen molar-refractivity contribution in [2.24, 2.45) is 14.1 Å². The highest BCUT2D eigenvalue weighted by Gasteiger charge is 2.17. The number of benzene rings is 1. The molecule has 0 unspecified atom stereocenters. The monoisotopic (exact) mass is 342 g/mol. The van der Waals surface area contributed by atoms with Crippen molar-refractivity contribution in [1.29, 1.82) is 0 Å². The molecule has 0 spiro atoms. The van der Waals surface area contributed by atoms with Crippen molar-refractivity contribution >= 4 is 28.4 Å². The highest BCUT2D eigenvalue weighted by atomic mass is 16.2. The predicted molar refractivity (Wildman–Crippen MR) is 94.4 cm³/mol. The van der Waals surface area contributed by atoms with Gasteiger partial charge in [0.1, 0.15) is 6.54 Å². The number of nitrogens with two attached hydrogens (primary N) is 1. The first-order chi connectivity index (χ1) is 11.8. The molecule has 0 radical (unpaired) electrons. The van der Waals surface area contributed by atoms with Crippen LogP contribution in [0.5, 0.6) is 0 Å². The number of nitrogen functional groups attached to an aromatic ring is 1. The molecule has 0 atom stereocenters. The average Bonchev–Trinajstić information content (AvgIpc) is 2.95. The molecule has 9 nitrogen and oxygen atoms in total. The van der Waals surface area contributed by atoms with Gasteiger partial charge in [-0.1, -0.05) is 6.07 Å². The number of carbonyl (C=O) groups excluding carboxylic acids is 1. The molecule has 3 rings (SSSR count). The van der Waals surface area contributed by atoms with E-state index in [1.54, 1.807) is 25.2 Å². The molecule has 0 aliphatic carbocycles. The van der Waals surface area contributed by atoms with E-state index < -0.39 is 23.7 Å². The first-order valence-electron chi connectivity index (χ1n) is 7.56. The molecule has 1 amide bonds. The zero-order valence-electron chi connectivity index (χ0n) is 14.1. The Bertz CT molecular complexity index is 1110. The van der Waals surface area contributed by atoms with Crippen molar-refractivity contribution in [1.82, 2.24) is 18.7 Å². The minimum atomic E-state index is -0.601. The largest absolute Gasteiger partial charge is 0.399 e. The third-order valence-corrected chi connectivity index (χ3v) is 4.04. The lowest BCUT2D eigenvalue weighted by Crippen LogP contribution is -2.42. The quantitative estimate of drug-likeness (QED) is 0.648. The van der Waals surface area contributed by atoms with E-state index >= 15 is 0 Å². The van der Waals surface area contributed by atoms with Crippen LogP contribution in [0.3, 0.4) is 0 Å². The minimum Gasteiger partial charge on any atom is -0.399 e. The van der Waals surface area contributed by atoms with Gasteiger partial charge < -0.3 is 15.6 Å². The van der Waals surface area contributed by atoms with Gasteiger partial charge in [0.05, 0.1) is 6.33 Å². The van der Waals surface area contributed by atoms with Gasteiger partial charge >= 0.3 is 5.69 Å². The Kier molecular flexibility index (Phi) is 3.91. The molecule has 25 heavy (non-hydrogen) atoms. The smallest absolute Gasteiger partial charge is 0.332 e. The van der Waals surface area contributed by atoms with Gasteiger partial charge in [-0.15, -0.1) is 0 Å². The van der Waals surface area contributed by atoms with Crippen molar-refractivity contribution in [3.05, 3.63) is 50.9 Å². The lowest BCUT2D eigenvalue weighted by atomic mass is 10.2. The number of nitrogens with one attached hydrogen (secondary N) is 1. The van der Waals surface area contributed by atoms with E-state index in [1.807, 2.05) is 6.92 Å². The number of hydrogen-bond acceptors (Lipinski definition) is 5. The standard InChI is InChI=1S/C16H18N6O3/c1-9-4-5-10(17)6-11(9)19-12(23)7-22-15(24)13-14(18-8-20(13)2)21(3)16(22)25/h4-6,8H,7,17H2,1-3H3,(H,19,23). The Labute approximate surface area is 142 Å². The predicted octanol–water partition coefficient (Wildman–Crippen LogP) is -0.0370. The van der Waals surface area contributed by atoms with Crippen LogP contribution >= 0.6 is 0 Å². The summed E-state index contributed by atoms with van der Waals surface area (Å²) in [6.45, 7) is 1.42. The van der Waals surface area contributed by atoms with Crippen molar-refractivity contribution in [3.63, 3.8) is 0 Å². The van der Waals surface area contributed by atoms with Crippen LogP contribution in [-0.4, -0.2) is 24.6 Å². The van der Waals surface area contributed by atoms with Gasteiger partial charge in [-0.25, -0.2) is 14.3 Å². The molecule has 2 aromatic heterocycles. The molecular weight excluding hydrogens is 324 g/mol. The molecule has 0 aliphatic heterocycles. The molecule has 0 bridgehead atoms. The van der Waals surface area contributed by atoms with Crippen molar-refractivity contribution in [3.8, 4) is 0 Å². The van der Waals surface area contributed by atoms with Gasteiger partial charge in [0, 0.05) is 25.5 Å².